The van der Waals surface area contributed by atoms with Gasteiger partial charge in [0.1, 0.15) is 0 Å². The van der Waals surface area contributed by atoms with Crippen LogP contribution in [0, 0.1) is 0 Å². The summed E-state index contributed by atoms with van der Waals surface area (Å²) in [4.78, 5) is 26.4. The molecule has 3 atom stereocenters. The van der Waals surface area contributed by atoms with Crippen LogP contribution in [0.4, 0.5) is 0 Å². The lowest BCUT2D eigenvalue weighted by Gasteiger charge is -2.24. The number of aliphatic hydroxyl groups is 2. The number of rotatable bonds is 4. The van der Waals surface area contributed by atoms with Crippen LogP contribution in [-0.2, 0) is 29.1 Å². The monoisotopic (exact) mass is 366 g/mol. The average molecular weight is 366 g/mol. The second-order valence-electron chi connectivity index (χ2n) is 7.15. The molecule has 1 heterocycles. The number of nitrogens with one attached hydrogen (secondary N) is 1. The molecule has 1 aliphatic carbocycles. The lowest BCUT2D eigenvalue weighted by Crippen LogP contribution is -2.50. The number of aryl methyl sites for hydroxylation is 1. The van der Waals surface area contributed by atoms with Gasteiger partial charge in [0.25, 0.3) is 11.8 Å². The fourth-order valence-electron chi connectivity index (χ4n) is 3.92. The fraction of sp³-hybridized carbons (Fsp3) is 0.333. The van der Waals surface area contributed by atoms with E-state index in [2.05, 4.69) is 5.32 Å². The zero-order valence-corrected chi connectivity index (χ0v) is 14.8. The van der Waals surface area contributed by atoms with Crippen LogP contribution in [0.25, 0.3) is 0 Å². The van der Waals surface area contributed by atoms with Gasteiger partial charge in [-0.15, -0.1) is 0 Å². The van der Waals surface area contributed by atoms with Crippen LogP contribution in [-0.4, -0.2) is 39.1 Å². The Labute approximate surface area is 157 Å². The van der Waals surface area contributed by atoms with Gasteiger partial charge in [0.15, 0.2) is 12.2 Å². The van der Waals surface area contributed by atoms with Gasteiger partial charge in [-0.2, -0.15) is 0 Å². The minimum absolute atomic E-state index is 0.207. The molecule has 0 fully saturated rings. The highest BCUT2D eigenvalue weighted by atomic mass is 16.3. The zero-order valence-electron chi connectivity index (χ0n) is 14.8. The highest BCUT2D eigenvalue weighted by Crippen LogP contribution is 2.31. The van der Waals surface area contributed by atoms with Crippen LogP contribution in [0.1, 0.15) is 34.7 Å². The molecule has 4 rings (SSSR count). The van der Waals surface area contributed by atoms with E-state index >= 15 is 0 Å². The van der Waals surface area contributed by atoms with Crippen molar-refractivity contribution in [2.24, 2.45) is 0 Å². The summed E-state index contributed by atoms with van der Waals surface area (Å²) in [5.74, 6) is -1.37. The van der Waals surface area contributed by atoms with Crippen molar-refractivity contribution in [2.45, 2.75) is 44.2 Å². The van der Waals surface area contributed by atoms with E-state index in [4.69, 9.17) is 0 Å². The van der Waals surface area contributed by atoms with Gasteiger partial charge in [-0.05, 0) is 35.1 Å². The Morgan fingerprint density at radius 2 is 1.52 bits per heavy atom. The van der Waals surface area contributed by atoms with Crippen LogP contribution in [0.15, 0.2) is 48.5 Å². The standard InChI is InChI=1S/C21H22N2O4/c24-18(20(26)22-17-10-9-13-5-3-4-8-16(13)17)19(25)21(27)23-11-14-6-1-2-7-15(14)12-23/h1-8,17-19,24-25H,9-12H2,(H,22,26)/t17?,18-,19-/m1/s1. The van der Waals surface area contributed by atoms with Crippen molar-refractivity contribution in [3.63, 3.8) is 0 Å². The fourth-order valence-corrected chi connectivity index (χ4v) is 3.92. The number of nitrogens with zero attached hydrogens (tertiary/aromatic N) is 1. The average Bonchev–Trinajstić information content (AvgIpc) is 3.30. The maximum atomic E-state index is 12.5. The van der Waals surface area contributed by atoms with Crippen LogP contribution in [0.2, 0.25) is 0 Å². The number of carbonyl (C=O) groups excluding carboxylic acids is 2. The van der Waals surface area contributed by atoms with Crippen molar-refractivity contribution in [1.29, 1.82) is 0 Å². The molecule has 2 aromatic carbocycles. The Balaban J connectivity index is 1.38. The van der Waals surface area contributed by atoms with Gasteiger partial charge < -0.3 is 20.4 Å². The molecule has 0 saturated heterocycles. The van der Waals surface area contributed by atoms with E-state index in [1.165, 1.54) is 10.5 Å². The molecule has 140 valence electrons. The van der Waals surface area contributed by atoms with Crippen LogP contribution in [0.3, 0.4) is 0 Å². The molecule has 2 aromatic rings. The third-order valence-electron chi connectivity index (χ3n) is 5.42. The predicted octanol–water partition coefficient (Wildman–Crippen LogP) is 1.05. The summed E-state index contributed by atoms with van der Waals surface area (Å²) in [7, 11) is 0. The maximum Gasteiger partial charge on any atom is 0.255 e. The summed E-state index contributed by atoms with van der Waals surface area (Å²) in [6, 6.07) is 15.3. The van der Waals surface area contributed by atoms with Crippen molar-refractivity contribution < 1.29 is 19.8 Å². The summed E-state index contributed by atoms with van der Waals surface area (Å²) in [6.07, 6.45) is -1.99. The van der Waals surface area contributed by atoms with Crippen molar-refractivity contribution in [2.75, 3.05) is 0 Å². The Hall–Kier alpha value is -2.70. The smallest absolute Gasteiger partial charge is 0.255 e. The van der Waals surface area contributed by atoms with E-state index < -0.39 is 24.0 Å². The van der Waals surface area contributed by atoms with Gasteiger partial charge in [0.05, 0.1) is 6.04 Å². The van der Waals surface area contributed by atoms with Crippen molar-refractivity contribution in [1.82, 2.24) is 10.2 Å². The molecule has 6 nitrogen and oxygen atoms in total. The maximum absolute atomic E-state index is 12.5. The largest absolute Gasteiger partial charge is 0.380 e. The van der Waals surface area contributed by atoms with Crippen molar-refractivity contribution in [3.05, 3.63) is 70.8 Å². The topological polar surface area (TPSA) is 89.9 Å². The van der Waals surface area contributed by atoms with Gasteiger partial charge in [-0.3, -0.25) is 9.59 Å². The highest BCUT2D eigenvalue weighted by molar-refractivity contribution is 5.91. The Morgan fingerprint density at radius 1 is 0.926 bits per heavy atom. The molecule has 2 aliphatic rings. The molecule has 3 N–H and O–H groups in total. The number of hydrogen-bond acceptors (Lipinski definition) is 4. The predicted molar refractivity (Wildman–Crippen MR) is 98.4 cm³/mol. The van der Waals surface area contributed by atoms with Gasteiger partial charge in [-0.1, -0.05) is 48.5 Å². The molecule has 1 aliphatic heterocycles. The summed E-state index contributed by atoms with van der Waals surface area (Å²) < 4.78 is 0. The minimum Gasteiger partial charge on any atom is -0.380 e. The van der Waals surface area contributed by atoms with E-state index in [0.29, 0.717) is 13.1 Å². The van der Waals surface area contributed by atoms with E-state index in [9.17, 15) is 19.8 Å². The zero-order chi connectivity index (χ0) is 19.0. The molecule has 1 unspecified atom stereocenters. The van der Waals surface area contributed by atoms with Gasteiger partial charge in [0.2, 0.25) is 0 Å². The molecule has 2 amide bonds. The molecule has 0 bridgehead atoms. The summed E-state index contributed by atoms with van der Waals surface area (Å²) in [5, 5.41) is 23.3. The summed E-state index contributed by atoms with van der Waals surface area (Å²) >= 11 is 0. The lowest BCUT2D eigenvalue weighted by atomic mass is 10.1. The minimum atomic E-state index is -1.80. The second kappa shape index (κ2) is 7.13. The molecular formula is C21H22N2O4. The number of benzene rings is 2. The van der Waals surface area contributed by atoms with Crippen LogP contribution >= 0.6 is 0 Å². The second-order valence-corrected chi connectivity index (χ2v) is 7.15. The molecule has 0 spiro atoms. The lowest BCUT2D eigenvalue weighted by molar-refractivity contribution is -0.153. The molecule has 0 aromatic heterocycles. The molecule has 6 heteroatoms. The van der Waals surface area contributed by atoms with Crippen molar-refractivity contribution in [3.8, 4) is 0 Å². The quantitative estimate of drug-likeness (QED) is 0.755. The number of fused-ring (bicyclic) bond motifs is 2. The third kappa shape index (κ3) is 3.34. The van der Waals surface area contributed by atoms with E-state index in [-0.39, 0.29) is 6.04 Å². The molecule has 0 saturated carbocycles. The SMILES string of the molecule is O=C(NC1CCc2ccccc21)[C@H](O)[C@@H](O)C(=O)N1Cc2ccccc2C1. The number of aliphatic hydroxyl groups excluding tert-OH is 2. The first-order chi connectivity index (χ1) is 13.0. The van der Waals surface area contributed by atoms with Crippen LogP contribution < -0.4 is 5.32 Å². The van der Waals surface area contributed by atoms with Gasteiger partial charge in [-0.25, -0.2) is 0 Å². The Morgan fingerprint density at radius 3 is 2.19 bits per heavy atom. The first-order valence-corrected chi connectivity index (χ1v) is 9.14. The molecule has 27 heavy (non-hydrogen) atoms. The number of carbonyl (C=O) groups is 2. The first kappa shape index (κ1) is 17.7. The van der Waals surface area contributed by atoms with E-state index in [1.54, 1.807) is 0 Å². The van der Waals surface area contributed by atoms with E-state index in [1.807, 2.05) is 48.5 Å². The molecule has 0 radical (unpaired) electrons. The number of amides is 2. The van der Waals surface area contributed by atoms with Crippen LogP contribution in [0.5, 0.6) is 0 Å². The van der Waals surface area contributed by atoms with Gasteiger partial charge in [0, 0.05) is 13.1 Å². The highest BCUT2D eigenvalue weighted by Gasteiger charge is 2.36. The van der Waals surface area contributed by atoms with E-state index in [0.717, 1.165) is 29.5 Å². The Bertz CT molecular complexity index is 857. The number of hydrogen-bond donors (Lipinski definition) is 3. The normalized spacial score (nSPS) is 19.9. The Kier molecular flexibility index (Phi) is 4.68. The first-order valence-electron chi connectivity index (χ1n) is 9.14. The van der Waals surface area contributed by atoms with Crippen molar-refractivity contribution >= 4 is 11.8 Å². The summed E-state index contributed by atoms with van der Waals surface area (Å²) in [5.41, 5.74) is 4.22. The third-order valence-corrected chi connectivity index (χ3v) is 5.42. The molecular weight excluding hydrogens is 344 g/mol. The van der Waals surface area contributed by atoms with Gasteiger partial charge >= 0.3 is 0 Å². The summed E-state index contributed by atoms with van der Waals surface area (Å²) in [6.45, 7) is 0.743.